The number of rotatable bonds is 2. The molecule has 0 atom stereocenters. The zero-order valence-corrected chi connectivity index (χ0v) is 13.0. The molecule has 0 unspecified atom stereocenters. The van der Waals surface area contributed by atoms with Crippen molar-refractivity contribution in [3.63, 3.8) is 0 Å². The number of nitrogens with one attached hydrogen (secondary N) is 1. The van der Waals surface area contributed by atoms with Gasteiger partial charge in [0.2, 0.25) is 0 Å². The maximum absolute atomic E-state index is 13.2. The monoisotopic (exact) mass is 307 g/mol. The summed E-state index contributed by atoms with van der Waals surface area (Å²) in [6.45, 7) is 6.39. The van der Waals surface area contributed by atoms with Gasteiger partial charge in [0.25, 0.3) is 0 Å². The maximum atomic E-state index is 13.2. The van der Waals surface area contributed by atoms with Gasteiger partial charge in [-0.3, -0.25) is 0 Å². The third-order valence-electron chi connectivity index (χ3n) is 2.84. The number of aromatic nitrogens is 2. The minimum atomic E-state index is -0.239. The fraction of sp³-hybridized carbons (Fsp3) is 0.286. The molecular weight excluding hydrogens is 293 g/mol. The molecule has 0 bridgehead atoms. The van der Waals surface area contributed by atoms with E-state index in [4.69, 9.17) is 0 Å². The Morgan fingerprint density at radius 1 is 1.15 bits per heavy atom. The van der Waals surface area contributed by atoms with Gasteiger partial charge in [-0.1, -0.05) is 32.1 Å². The fourth-order valence-electron chi connectivity index (χ4n) is 1.72. The van der Waals surface area contributed by atoms with Crippen LogP contribution in [-0.2, 0) is 5.41 Å². The van der Waals surface area contributed by atoms with E-state index in [1.807, 2.05) is 0 Å². The molecular formula is C14H14FN3S2. The third-order valence-corrected chi connectivity index (χ3v) is 4.53. The summed E-state index contributed by atoms with van der Waals surface area (Å²) in [5.74, 6) is -0.239. The van der Waals surface area contributed by atoms with Gasteiger partial charge in [0.15, 0.2) is 10.3 Å². The first-order valence-corrected chi connectivity index (χ1v) is 7.90. The minimum Gasteiger partial charge on any atom is -0.307 e. The molecule has 2 heterocycles. The molecule has 0 fully saturated rings. The number of fused-ring (bicyclic) bond motifs is 1. The zero-order chi connectivity index (χ0) is 14.3. The molecule has 0 aliphatic carbocycles. The van der Waals surface area contributed by atoms with Crippen molar-refractivity contribution in [3.8, 4) is 0 Å². The summed E-state index contributed by atoms with van der Waals surface area (Å²) in [5, 5.41) is 6.80. The Labute approximate surface area is 124 Å². The predicted molar refractivity (Wildman–Crippen MR) is 83.7 cm³/mol. The SMILES string of the molecule is CC(C)(C)c1csc(Nc2nc3ccc(F)cc3s2)n1. The van der Waals surface area contributed by atoms with E-state index in [0.29, 0.717) is 0 Å². The number of anilines is 2. The standard InChI is InChI=1S/C14H14FN3S2/c1-14(2,3)11-7-19-12(17-11)18-13-16-9-5-4-8(15)6-10(9)20-13/h4-7H,1-3H3,(H,16,17,18). The van der Waals surface area contributed by atoms with Gasteiger partial charge in [0.1, 0.15) is 5.82 Å². The van der Waals surface area contributed by atoms with Gasteiger partial charge in [-0.2, -0.15) is 0 Å². The van der Waals surface area contributed by atoms with Gasteiger partial charge >= 0.3 is 0 Å². The van der Waals surface area contributed by atoms with E-state index in [1.165, 1.54) is 23.5 Å². The third kappa shape index (κ3) is 2.66. The Bertz CT molecular complexity index is 755. The molecule has 0 saturated heterocycles. The largest absolute Gasteiger partial charge is 0.307 e. The minimum absolute atomic E-state index is 0.0349. The highest BCUT2D eigenvalue weighted by atomic mass is 32.1. The lowest BCUT2D eigenvalue weighted by Gasteiger charge is -2.14. The molecule has 1 N–H and O–H groups in total. The molecule has 0 saturated carbocycles. The topological polar surface area (TPSA) is 37.8 Å². The number of thiazole rings is 2. The van der Waals surface area contributed by atoms with Crippen LogP contribution in [0.2, 0.25) is 0 Å². The summed E-state index contributed by atoms with van der Waals surface area (Å²) in [6.07, 6.45) is 0. The van der Waals surface area contributed by atoms with Gasteiger partial charge < -0.3 is 5.32 Å². The molecule has 20 heavy (non-hydrogen) atoms. The van der Waals surface area contributed by atoms with Gasteiger partial charge in [-0.25, -0.2) is 14.4 Å². The summed E-state index contributed by atoms with van der Waals surface area (Å²) in [4.78, 5) is 8.99. The highest BCUT2D eigenvalue weighted by molar-refractivity contribution is 7.22. The van der Waals surface area contributed by atoms with Crippen LogP contribution in [0.5, 0.6) is 0 Å². The summed E-state index contributed by atoms with van der Waals surface area (Å²) >= 11 is 2.98. The van der Waals surface area contributed by atoms with E-state index in [9.17, 15) is 4.39 Å². The van der Waals surface area contributed by atoms with Crippen LogP contribution in [0.15, 0.2) is 23.6 Å². The maximum Gasteiger partial charge on any atom is 0.190 e. The molecule has 3 aromatic rings. The average Bonchev–Trinajstić information content (AvgIpc) is 2.94. The zero-order valence-electron chi connectivity index (χ0n) is 11.4. The Hall–Kier alpha value is -1.53. The van der Waals surface area contributed by atoms with E-state index in [1.54, 1.807) is 17.4 Å². The summed E-state index contributed by atoms with van der Waals surface area (Å²) in [5.41, 5.74) is 1.89. The van der Waals surface area contributed by atoms with E-state index in [0.717, 1.165) is 26.2 Å². The van der Waals surface area contributed by atoms with Crippen molar-refractivity contribution < 1.29 is 4.39 Å². The molecule has 3 nitrogen and oxygen atoms in total. The fourth-order valence-corrected chi connectivity index (χ4v) is 3.61. The molecule has 1 aromatic carbocycles. The van der Waals surface area contributed by atoms with E-state index < -0.39 is 0 Å². The Morgan fingerprint density at radius 2 is 1.95 bits per heavy atom. The van der Waals surface area contributed by atoms with Crippen LogP contribution >= 0.6 is 22.7 Å². The Morgan fingerprint density at radius 3 is 2.65 bits per heavy atom. The van der Waals surface area contributed by atoms with Gasteiger partial charge in [-0.05, 0) is 18.2 Å². The lowest BCUT2D eigenvalue weighted by Crippen LogP contribution is -2.11. The second kappa shape index (κ2) is 4.79. The van der Waals surface area contributed by atoms with Crippen molar-refractivity contribution in [3.05, 3.63) is 35.1 Å². The first-order valence-electron chi connectivity index (χ1n) is 6.21. The number of benzene rings is 1. The van der Waals surface area contributed by atoms with Crippen molar-refractivity contribution in [2.24, 2.45) is 0 Å². The normalized spacial score (nSPS) is 12.0. The predicted octanol–water partition coefficient (Wildman–Crippen LogP) is 4.93. The second-order valence-corrected chi connectivity index (χ2v) is 7.43. The second-order valence-electron chi connectivity index (χ2n) is 5.54. The van der Waals surface area contributed by atoms with Gasteiger partial charge in [0.05, 0.1) is 15.9 Å². The lowest BCUT2D eigenvalue weighted by atomic mass is 9.93. The van der Waals surface area contributed by atoms with Crippen molar-refractivity contribution in [2.75, 3.05) is 5.32 Å². The molecule has 6 heteroatoms. The van der Waals surface area contributed by atoms with Crippen LogP contribution in [0.1, 0.15) is 26.5 Å². The molecule has 2 aromatic heterocycles. The molecule has 0 radical (unpaired) electrons. The molecule has 0 aliphatic heterocycles. The number of hydrogen-bond acceptors (Lipinski definition) is 5. The number of nitrogens with zero attached hydrogens (tertiary/aromatic N) is 2. The van der Waals surface area contributed by atoms with Crippen LogP contribution in [-0.4, -0.2) is 9.97 Å². The smallest absolute Gasteiger partial charge is 0.190 e. The summed E-state index contributed by atoms with van der Waals surface area (Å²) in [6, 6.07) is 4.61. The highest BCUT2D eigenvalue weighted by Gasteiger charge is 2.17. The lowest BCUT2D eigenvalue weighted by molar-refractivity contribution is 0.573. The van der Waals surface area contributed by atoms with Gasteiger partial charge in [-0.15, -0.1) is 11.3 Å². The van der Waals surface area contributed by atoms with E-state index >= 15 is 0 Å². The Balaban J connectivity index is 1.87. The molecule has 3 rings (SSSR count). The molecule has 0 amide bonds. The van der Waals surface area contributed by atoms with E-state index in [2.05, 4.69) is 41.4 Å². The summed E-state index contributed by atoms with van der Waals surface area (Å²) < 4.78 is 14.0. The van der Waals surface area contributed by atoms with Crippen LogP contribution in [0.4, 0.5) is 14.7 Å². The van der Waals surface area contributed by atoms with Crippen LogP contribution < -0.4 is 5.32 Å². The summed E-state index contributed by atoms with van der Waals surface area (Å²) in [7, 11) is 0. The molecule has 0 aliphatic rings. The van der Waals surface area contributed by atoms with Crippen molar-refractivity contribution in [1.82, 2.24) is 9.97 Å². The number of halogens is 1. The van der Waals surface area contributed by atoms with Crippen molar-refractivity contribution in [1.29, 1.82) is 0 Å². The van der Waals surface area contributed by atoms with Gasteiger partial charge in [0, 0.05) is 10.8 Å². The van der Waals surface area contributed by atoms with Crippen molar-refractivity contribution in [2.45, 2.75) is 26.2 Å². The van der Waals surface area contributed by atoms with Crippen molar-refractivity contribution >= 4 is 43.2 Å². The molecule has 104 valence electrons. The first-order chi connectivity index (χ1) is 9.41. The van der Waals surface area contributed by atoms with E-state index in [-0.39, 0.29) is 11.2 Å². The average molecular weight is 307 g/mol. The highest BCUT2D eigenvalue weighted by Crippen LogP contribution is 2.32. The quantitative estimate of drug-likeness (QED) is 0.729. The number of hydrogen-bond donors (Lipinski definition) is 1. The Kier molecular flexibility index (Phi) is 3.22. The van der Waals surface area contributed by atoms with Crippen LogP contribution in [0.3, 0.4) is 0 Å². The van der Waals surface area contributed by atoms with Crippen LogP contribution in [0, 0.1) is 5.82 Å². The van der Waals surface area contributed by atoms with Crippen LogP contribution in [0.25, 0.3) is 10.2 Å². The first kappa shape index (κ1) is 13.5. The molecule has 0 spiro atoms.